The van der Waals surface area contributed by atoms with E-state index in [4.69, 9.17) is 14.2 Å². The number of carbonyl (C=O) groups excluding carboxylic acids is 2. The Labute approximate surface area is 206 Å². The van der Waals surface area contributed by atoms with Crippen LogP contribution in [-0.4, -0.2) is 35.1 Å². The van der Waals surface area contributed by atoms with E-state index in [1.165, 1.54) is 23.8 Å². The minimum Gasteiger partial charge on any atom is -0.481 e. The van der Waals surface area contributed by atoms with E-state index in [1.54, 1.807) is 13.8 Å². The van der Waals surface area contributed by atoms with Gasteiger partial charge in [-0.1, -0.05) is 36.4 Å². The van der Waals surface area contributed by atoms with Gasteiger partial charge in [0.05, 0.1) is 25.8 Å². The number of hydrogen-bond acceptors (Lipinski definition) is 7. The number of ether oxygens (including phenoxy) is 3. The molecule has 1 N–H and O–H groups in total. The first-order valence-electron chi connectivity index (χ1n) is 11.3. The maximum atomic E-state index is 13.7. The molecule has 0 unspecified atom stereocenters. The highest BCUT2D eigenvalue weighted by Gasteiger charge is 2.35. The predicted molar refractivity (Wildman–Crippen MR) is 127 cm³/mol. The SMILES string of the molecule is COC(=O)c1cc(F)ccc1CNC(=O)c1nc2n(c(=O)c1OCc1ccccc1)CCOC2(C)C. The van der Waals surface area contributed by atoms with Gasteiger partial charge in [0.1, 0.15) is 23.8 Å². The summed E-state index contributed by atoms with van der Waals surface area (Å²) in [6, 6.07) is 12.8. The van der Waals surface area contributed by atoms with Crippen LogP contribution < -0.4 is 15.6 Å². The molecule has 0 bridgehead atoms. The molecule has 0 saturated carbocycles. The van der Waals surface area contributed by atoms with Crippen LogP contribution in [0.25, 0.3) is 0 Å². The number of benzene rings is 2. The molecule has 1 aromatic heterocycles. The van der Waals surface area contributed by atoms with E-state index >= 15 is 0 Å². The van der Waals surface area contributed by atoms with E-state index in [-0.39, 0.29) is 36.7 Å². The van der Waals surface area contributed by atoms with Gasteiger partial charge in [0.15, 0.2) is 5.69 Å². The number of aromatic nitrogens is 2. The van der Waals surface area contributed by atoms with Crippen LogP contribution in [-0.2, 0) is 34.8 Å². The lowest BCUT2D eigenvalue weighted by Crippen LogP contribution is -2.43. The minimum absolute atomic E-state index is 0.0219. The van der Waals surface area contributed by atoms with Crippen LogP contribution in [0.15, 0.2) is 53.3 Å². The molecule has 2 aromatic carbocycles. The molecular weight excluding hydrogens is 469 g/mol. The number of methoxy groups -OCH3 is 1. The number of halogens is 1. The summed E-state index contributed by atoms with van der Waals surface area (Å²) in [7, 11) is 1.18. The zero-order chi connectivity index (χ0) is 25.9. The van der Waals surface area contributed by atoms with Crippen molar-refractivity contribution in [2.75, 3.05) is 13.7 Å². The lowest BCUT2D eigenvalue weighted by atomic mass is 10.1. The monoisotopic (exact) mass is 495 g/mol. The fourth-order valence-corrected chi connectivity index (χ4v) is 3.94. The van der Waals surface area contributed by atoms with Gasteiger partial charge in [0.25, 0.3) is 11.5 Å². The lowest BCUT2D eigenvalue weighted by Gasteiger charge is -2.32. The molecule has 1 aliphatic rings. The molecule has 0 atom stereocenters. The van der Waals surface area contributed by atoms with Crippen LogP contribution >= 0.6 is 0 Å². The summed E-state index contributed by atoms with van der Waals surface area (Å²) in [5, 5.41) is 2.65. The second kappa shape index (κ2) is 10.3. The Bertz CT molecular complexity index is 1350. The number of rotatable bonds is 7. The topological polar surface area (TPSA) is 109 Å². The van der Waals surface area contributed by atoms with Crippen LogP contribution in [0.1, 0.15) is 51.6 Å². The largest absolute Gasteiger partial charge is 0.481 e. The lowest BCUT2D eigenvalue weighted by molar-refractivity contribution is -0.0567. The van der Waals surface area contributed by atoms with E-state index in [0.29, 0.717) is 18.0 Å². The number of amides is 1. The number of esters is 1. The third-order valence-electron chi connectivity index (χ3n) is 5.80. The van der Waals surface area contributed by atoms with Crippen molar-refractivity contribution < 1.29 is 28.2 Å². The van der Waals surface area contributed by atoms with Crippen molar-refractivity contribution in [2.45, 2.75) is 39.1 Å². The normalized spacial score (nSPS) is 14.0. The minimum atomic E-state index is -0.903. The maximum absolute atomic E-state index is 13.7. The van der Waals surface area contributed by atoms with Crippen molar-refractivity contribution in [3.63, 3.8) is 0 Å². The molecule has 0 radical (unpaired) electrons. The number of nitrogens with zero attached hydrogens (tertiary/aromatic N) is 2. The molecule has 188 valence electrons. The van der Waals surface area contributed by atoms with E-state index in [2.05, 4.69) is 10.3 Å². The van der Waals surface area contributed by atoms with Gasteiger partial charge < -0.3 is 19.5 Å². The Balaban J connectivity index is 1.69. The van der Waals surface area contributed by atoms with Crippen molar-refractivity contribution in [3.8, 4) is 5.75 Å². The Hall–Kier alpha value is -4.05. The third kappa shape index (κ3) is 5.13. The maximum Gasteiger partial charge on any atom is 0.338 e. The smallest absolute Gasteiger partial charge is 0.338 e. The van der Waals surface area contributed by atoms with Crippen molar-refractivity contribution in [1.82, 2.24) is 14.9 Å². The first-order chi connectivity index (χ1) is 17.2. The molecule has 0 saturated heterocycles. The van der Waals surface area contributed by atoms with Crippen LogP contribution in [0.3, 0.4) is 0 Å². The van der Waals surface area contributed by atoms with Crippen molar-refractivity contribution in [3.05, 3.63) is 92.9 Å². The fraction of sp³-hybridized carbons (Fsp3) is 0.308. The summed E-state index contributed by atoms with van der Waals surface area (Å²) >= 11 is 0. The molecule has 0 spiro atoms. The zero-order valence-corrected chi connectivity index (χ0v) is 20.2. The predicted octanol–water partition coefficient (Wildman–Crippen LogP) is 2.94. The van der Waals surface area contributed by atoms with Gasteiger partial charge in [-0.3, -0.25) is 14.2 Å². The average Bonchev–Trinajstić information content (AvgIpc) is 2.87. The van der Waals surface area contributed by atoms with E-state index < -0.39 is 28.9 Å². The molecule has 1 aliphatic heterocycles. The summed E-state index contributed by atoms with van der Waals surface area (Å²) in [5.74, 6) is -1.94. The second-order valence-electron chi connectivity index (χ2n) is 8.68. The summed E-state index contributed by atoms with van der Waals surface area (Å²) in [6.45, 7) is 4.03. The molecule has 0 aliphatic carbocycles. The van der Waals surface area contributed by atoms with Gasteiger partial charge in [-0.05, 0) is 37.1 Å². The number of carbonyl (C=O) groups is 2. The highest BCUT2D eigenvalue weighted by atomic mass is 19.1. The summed E-state index contributed by atoms with van der Waals surface area (Å²) < 4.78 is 31.5. The average molecular weight is 496 g/mol. The van der Waals surface area contributed by atoms with Crippen molar-refractivity contribution >= 4 is 11.9 Å². The first kappa shape index (κ1) is 25.1. The molecule has 3 aromatic rings. The Morgan fingerprint density at radius 1 is 1.19 bits per heavy atom. The van der Waals surface area contributed by atoms with Gasteiger partial charge in [-0.15, -0.1) is 0 Å². The van der Waals surface area contributed by atoms with Crippen LogP contribution in [0.4, 0.5) is 4.39 Å². The van der Waals surface area contributed by atoms with Crippen molar-refractivity contribution in [1.29, 1.82) is 0 Å². The number of fused-ring (bicyclic) bond motifs is 1. The van der Waals surface area contributed by atoms with Gasteiger partial charge in [-0.25, -0.2) is 14.2 Å². The van der Waals surface area contributed by atoms with E-state index in [1.807, 2.05) is 30.3 Å². The quantitative estimate of drug-likeness (QED) is 0.502. The molecule has 2 heterocycles. The summed E-state index contributed by atoms with van der Waals surface area (Å²) in [6.07, 6.45) is 0. The van der Waals surface area contributed by atoms with E-state index in [9.17, 15) is 18.8 Å². The third-order valence-corrected chi connectivity index (χ3v) is 5.80. The summed E-state index contributed by atoms with van der Waals surface area (Å²) in [4.78, 5) is 43.2. The number of hydrogen-bond donors (Lipinski definition) is 1. The Kier molecular flexibility index (Phi) is 7.16. The molecule has 4 rings (SSSR count). The molecule has 36 heavy (non-hydrogen) atoms. The van der Waals surface area contributed by atoms with Crippen LogP contribution in [0.5, 0.6) is 5.75 Å². The highest BCUT2D eigenvalue weighted by Crippen LogP contribution is 2.28. The fourth-order valence-electron chi connectivity index (χ4n) is 3.94. The molecule has 10 heteroatoms. The van der Waals surface area contributed by atoms with Crippen LogP contribution in [0.2, 0.25) is 0 Å². The van der Waals surface area contributed by atoms with E-state index in [0.717, 1.165) is 11.6 Å². The highest BCUT2D eigenvalue weighted by molar-refractivity contribution is 5.95. The zero-order valence-electron chi connectivity index (χ0n) is 20.2. The molecule has 0 fully saturated rings. The van der Waals surface area contributed by atoms with Gasteiger partial charge in [-0.2, -0.15) is 0 Å². The standard InChI is InChI=1S/C26H26FN3O6/c1-26(2)25-29-20(22(31)28-14-17-9-10-18(27)13-19(17)24(33)34-3)21(23(32)30(25)11-12-36-26)35-15-16-7-5-4-6-8-16/h4-10,13H,11-12,14-15H2,1-3H3,(H,28,31). The second-order valence-corrected chi connectivity index (χ2v) is 8.68. The first-order valence-corrected chi connectivity index (χ1v) is 11.3. The van der Waals surface area contributed by atoms with Crippen molar-refractivity contribution in [2.24, 2.45) is 0 Å². The van der Waals surface area contributed by atoms with Crippen LogP contribution in [0, 0.1) is 5.82 Å². The van der Waals surface area contributed by atoms with Gasteiger partial charge in [0, 0.05) is 6.54 Å². The Morgan fingerprint density at radius 3 is 2.67 bits per heavy atom. The Morgan fingerprint density at radius 2 is 1.94 bits per heavy atom. The molecule has 9 nitrogen and oxygen atoms in total. The summed E-state index contributed by atoms with van der Waals surface area (Å²) in [5.41, 5.74) is -0.479. The molecular formula is C26H26FN3O6. The number of nitrogens with one attached hydrogen (secondary N) is 1. The molecule has 1 amide bonds. The van der Waals surface area contributed by atoms with Gasteiger partial charge in [0.2, 0.25) is 5.75 Å². The van der Waals surface area contributed by atoms with Gasteiger partial charge >= 0.3 is 5.97 Å².